The van der Waals surface area contributed by atoms with Crippen LogP contribution in [0.4, 0.5) is 0 Å². The van der Waals surface area contributed by atoms with Gasteiger partial charge in [-0.2, -0.15) is 0 Å². The molecule has 0 aromatic heterocycles. The van der Waals surface area contributed by atoms with Crippen LogP contribution in [0.2, 0.25) is 0 Å². The zero-order valence-electron chi connectivity index (χ0n) is 20.0. The molecule has 0 aliphatic heterocycles. The van der Waals surface area contributed by atoms with Gasteiger partial charge in [0.1, 0.15) is 5.60 Å². The topological polar surface area (TPSA) is 43.4 Å². The van der Waals surface area contributed by atoms with Crippen molar-refractivity contribution in [3.05, 3.63) is 11.6 Å². The summed E-state index contributed by atoms with van der Waals surface area (Å²) in [6.07, 6.45) is 17.4. The van der Waals surface area contributed by atoms with E-state index in [1.165, 1.54) is 50.5 Å². The third-order valence-electron chi connectivity index (χ3n) is 11.1. The van der Waals surface area contributed by atoms with Gasteiger partial charge in [0.15, 0.2) is 5.78 Å². The van der Waals surface area contributed by atoms with Gasteiger partial charge in [-0.15, -0.1) is 0 Å². The van der Waals surface area contributed by atoms with Crippen LogP contribution in [0, 0.1) is 34.5 Å². The summed E-state index contributed by atoms with van der Waals surface area (Å²) in [4.78, 5) is 25.3. The lowest BCUT2D eigenvalue weighted by molar-refractivity contribution is -0.190. The maximum absolute atomic E-state index is 13.2. The second kappa shape index (κ2) is 7.73. The largest absolute Gasteiger partial charge is 0.458 e. The van der Waals surface area contributed by atoms with E-state index in [2.05, 4.69) is 20.8 Å². The molecule has 4 fully saturated rings. The van der Waals surface area contributed by atoms with Crippen molar-refractivity contribution in [3.8, 4) is 0 Å². The van der Waals surface area contributed by atoms with Crippen LogP contribution < -0.4 is 0 Å². The molecule has 4 saturated carbocycles. The number of carbonyl (C=O) groups is 2. The summed E-state index contributed by atoms with van der Waals surface area (Å²) in [5.74, 6) is 2.65. The molecule has 0 unspecified atom stereocenters. The summed E-state index contributed by atoms with van der Waals surface area (Å²) in [5.41, 5.74) is 1.50. The Morgan fingerprint density at radius 2 is 1.71 bits per heavy atom. The van der Waals surface area contributed by atoms with Crippen molar-refractivity contribution in [3.63, 3.8) is 0 Å². The fraction of sp³-hybridized carbons (Fsp3) is 0.857. The number of ketones is 1. The minimum atomic E-state index is -0.267. The van der Waals surface area contributed by atoms with Crippen LogP contribution >= 0.6 is 0 Å². The van der Waals surface area contributed by atoms with Crippen LogP contribution in [0.5, 0.6) is 0 Å². The lowest BCUT2D eigenvalue weighted by atomic mass is 9.46. The molecule has 0 aromatic carbocycles. The maximum Gasteiger partial charge on any atom is 0.309 e. The van der Waals surface area contributed by atoms with Gasteiger partial charge in [0, 0.05) is 11.8 Å². The van der Waals surface area contributed by atoms with Gasteiger partial charge in [-0.1, -0.05) is 45.6 Å². The molecule has 0 heterocycles. The third kappa shape index (κ3) is 3.19. The van der Waals surface area contributed by atoms with Crippen LogP contribution in [0.3, 0.4) is 0 Å². The van der Waals surface area contributed by atoms with E-state index in [9.17, 15) is 9.59 Å². The quantitative estimate of drug-likeness (QED) is 0.467. The first kappa shape index (κ1) is 21.7. The number of rotatable bonds is 3. The summed E-state index contributed by atoms with van der Waals surface area (Å²) in [6.45, 7) is 7.18. The minimum Gasteiger partial charge on any atom is -0.458 e. The van der Waals surface area contributed by atoms with E-state index in [1.807, 2.05) is 6.08 Å². The fourth-order valence-corrected chi connectivity index (χ4v) is 9.09. The van der Waals surface area contributed by atoms with E-state index in [0.717, 1.165) is 50.9 Å². The number of fused-ring (bicyclic) bond motifs is 5. The van der Waals surface area contributed by atoms with E-state index in [0.29, 0.717) is 17.6 Å². The summed E-state index contributed by atoms with van der Waals surface area (Å²) < 4.78 is 6.59. The zero-order chi connectivity index (χ0) is 21.9. The van der Waals surface area contributed by atoms with Gasteiger partial charge in [-0.25, -0.2) is 0 Å². The predicted molar refractivity (Wildman–Crippen MR) is 122 cm³/mol. The Labute approximate surface area is 188 Å². The molecule has 0 aromatic rings. The van der Waals surface area contributed by atoms with E-state index in [4.69, 9.17) is 4.74 Å². The van der Waals surface area contributed by atoms with Crippen LogP contribution in [-0.4, -0.2) is 17.4 Å². The molecule has 3 heteroatoms. The number of carbonyl (C=O) groups excluding carboxylic acids is 2. The summed E-state index contributed by atoms with van der Waals surface area (Å²) in [7, 11) is 0. The SMILES string of the molecule is CC[C@]1(OC(=O)C2CCCCC2)CC[C@H]2[C@@H]3CCC4=CC(=O)CC[C@]4(C)[C@H]3CC[C@@]21C. The van der Waals surface area contributed by atoms with Crippen molar-refractivity contribution in [2.24, 2.45) is 34.5 Å². The molecule has 31 heavy (non-hydrogen) atoms. The van der Waals surface area contributed by atoms with Crippen molar-refractivity contribution in [1.29, 1.82) is 0 Å². The first-order chi connectivity index (χ1) is 14.8. The molecule has 0 N–H and O–H groups in total. The van der Waals surface area contributed by atoms with Gasteiger partial charge >= 0.3 is 5.97 Å². The van der Waals surface area contributed by atoms with Crippen molar-refractivity contribution in [2.75, 3.05) is 0 Å². The molecule has 172 valence electrons. The van der Waals surface area contributed by atoms with Crippen LogP contribution in [0.15, 0.2) is 11.6 Å². The fourth-order valence-electron chi connectivity index (χ4n) is 9.09. The molecule has 6 atom stereocenters. The van der Waals surface area contributed by atoms with E-state index in [1.54, 1.807) is 0 Å². The Bertz CT molecular complexity index is 777. The highest BCUT2D eigenvalue weighted by atomic mass is 16.6. The van der Waals surface area contributed by atoms with Crippen LogP contribution in [0.25, 0.3) is 0 Å². The molecule has 5 aliphatic rings. The predicted octanol–water partition coefficient (Wildman–Crippen LogP) is 6.79. The number of ether oxygens (including phenoxy) is 1. The molecule has 0 amide bonds. The third-order valence-corrected chi connectivity index (χ3v) is 11.1. The highest BCUT2D eigenvalue weighted by Crippen LogP contribution is 2.68. The van der Waals surface area contributed by atoms with Gasteiger partial charge in [0.25, 0.3) is 0 Å². The number of esters is 1. The second-order valence-electron chi connectivity index (χ2n) is 12.1. The van der Waals surface area contributed by atoms with Gasteiger partial charge in [-0.05, 0) is 93.5 Å². The lowest BCUT2D eigenvalue weighted by Crippen LogP contribution is -2.56. The van der Waals surface area contributed by atoms with Gasteiger partial charge in [0.2, 0.25) is 0 Å². The molecule has 0 bridgehead atoms. The Morgan fingerprint density at radius 1 is 0.968 bits per heavy atom. The maximum atomic E-state index is 13.2. The van der Waals surface area contributed by atoms with Crippen molar-refractivity contribution in [2.45, 2.75) is 116 Å². The smallest absolute Gasteiger partial charge is 0.309 e. The number of hydrogen-bond donors (Lipinski definition) is 0. The molecule has 5 rings (SSSR count). The summed E-state index contributed by atoms with van der Waals surface area (Å²) in [5, 5.41) is 0. The Kier molecular flexibility index (Phi) is 5.42. The van der Waals surface area contributed by atoms with Gasteiger partial charge < -0.3 is 4.74 Å². The minimum absolute atomic E-state index is 0.106. The number of hydrogen-bond acceptors (Lipinski definition) is 3. The van der Waals surface area contributed by atoms with Gasteiger partial charge in [0.05, 0.1) is 5.92 Å². The lowest BCUT2D eigenvalue weighted by Gasteiger charge is -2.59. The second-order valence-corrected chi connectivity index (χ2v) is 12.1. The van der Waals surface area contributed by atoms with Crippen LogP contribution in [-0.2, 0) is 14.3 Å². The zero-order valence-corrected chi connectivity index (χ0v) is 20.0. The monoisotopic (exact) mass is 426 g/mol. The average Bonchev–Trinajstić information content (AvgIpc) is 3.07. The Morgan fingerprint density at radius 3 is 2.45 bits per heavy atom. The highest BCUT2D eigenvalue weighted by molar-refractivity contribution is 5.91. The van der Waals surface area contributed by atoms with Crippen LogP contribution in [0.1, 0.15) is 111 Å². The normalized spacial score (nSPS) is 45.3. The van der Waals surface area contributed by atoms with E-state index >= 15 is 0 Å². The Hall–Kier alpha value is -1.12. The first-order valence-electron chi connectivity index (χ1n) is 13.3. The standard InChI is InChI=1S/C28H42O3/c1-4-28(31-25(30)19-8-6-5-7-9-19)17-14-24-22-11-10-20-18-21(29)12-15-26(20,2)23(22)13-16-27(24,28)3/h18-19,22-24H,4-17H2,1-3H3/t22-,23+,24+,26+,27+,28+/m1/s1. The van der Waals surface area contributed by atoms with Crippen molar-refractivity contribution >= 4 is 11.8 Å². The highest BCUT2D eigenvalue weighted by Gasteiger charge is 2.65. The molecule has 0 saturated heterocycles. The molecule has 5 aliphatic carbocycles. The first-order valence-corrected chi connectivity index (χ1v) is 13.3. The molecule has 3 nitrogen and oxygen atoms in total. The van der Waals surface area contributed by atoms with E-state index < -0.39 is 0 Å². The summed E-state index contributed by atoms with van der Waals surface area (Å²) in [6, 6.07) is 0. The molecule has 0 radical (unpaired) electrons. The van der Waals surface area contributed by atoms with Gasteiger partial charge in [-0.3, -0.25) is 9.59 Å². The molecular formula is C28H42O3. The molecular weight excluding hydrogens is 384 g/mol. The molecule has 0 spiro atoms. The number of allylic oxidation sites excluding steroid dienone is 1. The Balaban J connectivity index is 1.39. The van der Waals surface area contributed by atoms with Crippen molar-refractivity contribution in [1.82, 2.24) is 0 Å². The average molecular weight is 427 g/mol. The van der Waals surface area contributed by atoms with Crippen molar-refractivity contribution < 1.29 is 14.3 Å². The van der Waals surface area contributed by atoms with E-state index in [-0.39, 0.29) is 28.3 Å². The summed E-state index contributed by atoms with van der Waals surface area (Å²) >= 11 is 0.